The van der Waals surface area contributed by atoms with E-state index in [1.807, 2.05) is 20.8 Å². The first-order valence-corrected chi connectivity index (χ1v) is 5.70. The van der Waals surface area contributed by atoms with Crippen molar-refractivity contribution in [2.24, 2.45) is 5.92 Å². The summed E-state index contributed by atoms with van der Waals surface area (Å²) >= 11 is 3.71. The number of nitrogens with zero attached hydrogens (tertiary/aromatic N) is 1. The van der Waals surface area contributed by atoms with Crippen molar-refractivity contribution in [3.8, 4) is 0 Å². The average Bonchev–Trinajstić information content (AvgIpc) is 2.62. The van der Waals surface area contributed by atoms with Crippen molar-refractivity contribution < 1.29 is 14.3 Å². The van der Waals surface area contributed by atoms with Crippen molar-refractivity contribution in [2.75, 3.05) is 13.1 Å². The van der Waals surface area contributed by atoms with E-state index in [1.165, 1.54) is 0 Å². The van der Waals surface area contributed by atoms with Crippen molar-refractivity contribution in [2.45, 2.75) is 32.8 Å². The van der Waals surface area contributed by atoms with E-state index in [1.54, 1.807) is 4.90 Å². The molecule has 1 heterocycles. The summed E-state index contributed by atoms with van der Waals surface area (Å²) in [6, 6.07) is 0. The van der Waals surface area contributed by atoms with Crippen molar-refractivity contribution in [3.05, 3.63) is 0 Å². The van der Waals surface area contributed by atoms with E-state index in [2.05, 4.69) is 17.5 Å². The van der Waals surface area contributed by atoms with Gasteiger partial charge in [-0.1, -0.05) is 12.8 Å². The van der Waals surface area contributed by atoms with Crippen LogP contribution in [0.4, 0.5) is 4.79 Å². The minimum Gasteiger partial charge on any atom is -0.444 e. The minimum absolute atomic E-state index is 0.144. The first-order valence-electron chi connectivity index (χ1n) is 5.25. The summed E-state index contributed by atoms with van der Waals surface area (Å²) in [5, 5.41) is 0. The molecular formula is C10H18N2O3S. The lowest BCUT2D eigenvalue weighted by Gasteiger charge is -2.24. The molecule has 0 bridgehead atoms. The molecule has 2 amide bonds. The summed E-state index contributed by atoms with van der Waals surface area (Å²) in [5.74, 6) is -0.320. The Morgan fingerprint density at radius 2 is 2.06 bits per heavy atom. The van der Waals surface area contributed by atoms with E-state index in [-0.39, 0.29) is 17.9 Å². The molecule has 6 heteroatoms. The average molecular weight is 246 g/mol. The molecule has 5 nitrogen and oxygen atoms in total. The number of carbonyl (C=O) groups is 2. The highest BCUT2D eigenvalue weighted by Crippen LogP contribution is 2.19. The number of ether oxygens (including phenoxy) is 1. The normalized spacial score (nSPS) is 20.8. The van der Waals surface area contributed by atoms with Crippen molar-refractivity contribution in [1.29, 1.82) is 0 Å². The molecule has 1 rings (SSSR count). The van der Waals surface area contributed by atoms with Gasteiger partial charge in [0.25, 0.3) is 0 Å². The van der Waals surface area contributed by atoms with Gasteiger partial charge in [-0.2, -0.15) is 0 Å². The molecule has 92 valence electrons. The molecule has 16 heavy (non-hydrogen) atoms. The summed E-state index contributed by atoms with van der Waals surface area (Å²) in [4.78, 5) is 24.5. The molecule has 0 radical (unpaired) electrons. The van der Waals surface area contributed by atoms with Crippen LogP contribution in [0.5, 0.6) is 0 Å². The number of amides is 2. The summed E-state index contributed by atoms with van der Waals surface area (Å²) in [7, 11) is 0. The predicted molar refractivity (Wildman–Crippen MR) is 63.0 cm³/mol. The number of thiol groups is 1. The molecule has 1 fully saturated rings. The fraction of sp³-hybridized carbons (Fsp3) is 0.800. The van der Waals surface area contributed by atoms with E-state index < -0.39 is 5.60 Å². The monoisotopic (exact) mass is 246 g/mol. The van der Waals surface area contributed by atoms with Gasteiger partial charge in [0.1, 0.15) is 5.60 Å². The van der Waals surface area contributed by atoms with Crippen LogP contribution in [0.1, 0.15) is 27.2 Å². The zero-order chi connectivity index (χ0) is 12.3. The fourth-order valence-corrected chi connectivity index (χ4v) is 1.74. The third-order valence-electron chi connectivity index (χ3n) is 2.32. The smallest absolute Gasteiger partial charge is 0.410 e. The third-order valence-corrected chi connectivity index (χ3v) is 2.54. The zero-order valence-corrected chi connectivity index (χ0v) is 10.7. The second kappa shape index (κ2) is 4.95. The molecule has 1 aliphatic heterocycles. The van der Waals surface area contributed by atoms with Gasteiger partial charge < -0.3 is 14.4 Å². The lowest BCUT2D eigenvalue weighted by Crippen LogP contribution is -2.36. The second-order valence-corrected chi connectivity index (χ2v) is 5.11. The Bertz CT molecular complexity index is 288. The van der Waals surface area contributed by atoms with E-state index in [4.69, 9.17) is 4.74 Å². The molecule has 0 saturated carbocycles. The lowest BCUT2D eigenvalue weighted by molar-refractivity contribution is -0.122. The van der Waals surface area contributed by atoms with Crippen LogP contribution in [0.15, 0.2) is 0 Å². The van der Waals surface area contributed by atoms with Crippen LogP contribution in [0.3, 0.4) is 0 Å². The van der Waals surface area contributed by atoms with Gasteiger partial charge >= 0.3 is 6.09 Å². The molecule has 1 N–H and O–H groups in total. The van der Waals surface area contributed by atoms with Crippen LogP contribution < -0.4 is 4.72 Å². The Balaban J connectivity index is 2.47. The maximum atomic E-state index is 11.7. The first-order chi connectivity index (χ1) is 7.33. The van der Waals surface area contributed by atoms with Crippen LogP contribution in [-0.2, 0) is 9.53 Å². The summed E-state index contributed by atoms with van der Waals surface area (Å²) in [6.45, 7) is 6.42. The number of hydrogen-bond donors (Lipinski definition) is 2. The molecule has 0 aliphatic carbocycles. The molecular weight excluding hydrogens is 228 g/mol. The Labute approximate surface area is 101 Å². The summed E-state index contributed by atoms with van der Waals surface area (Å²) in [6.07, 6.45) is 0.299. The van der Waals surface area contributed by atoms with E-state index in [0.29, 0.717) is 19.5 Å². The molecule has 0 aromatic carbocycles. The van der Waals surface area contributed by atoms with E-state index in [9.17, 15) is 9.59 Å². The predicted octanol–water partition coefficient (Wildman–Crippen LogP) is 1.20. The summed E-state index contributed by atoms with van der Waals surface area (Å²) in [5.41, 5.74) is -0.499. The SMILES string of the molecule is CC(C)(C)OC(=O)N1CCC(C(=O)NS)C1. The molecule has 1 saturated heterocycles. The van der Waals surface area contributed by atoms with E-state index >= 15 is 0 Å². The van der Waals surface area contributed by atoms with Gasteiger partial charge in [0.05, 0.1) is 5.92 Å². The highest BCUT2D eigenvalue weighted by atomic mass is 32.1. The van der Waals surface area contributed by atoms with Crippen LogP contribution in [-0.4, -0.2) is 35.6 Å². The Kier molecular flexibility index (Phi) is 4.07. The van der Waals surface area contributed by atoms with Gasteiger partial charge in [-0.25, -0.2) is 4.79 Å². The maximum Gasteiger partial charge on any atom is 0.410 e. The topological polar surface area (TPSA) is 58.6 Å². The quantitative estimate of drug-likeness (QED) is 0.684. The molecule has 1 atom stereocenters. The zero-order valence-electron chi connectivity index (χ0n) is 9.82. The first kappa shape index (κ1) is 13.2. The van der Waals surface area contributed by atoms with Crippen LogP contribution in [0, 0.1) is 5.92 Å². The molecule has 0 aromatic rings. The van der Waals surface area contributed by atoms with Crippen LogP contribution >= 0.6 is 12.8 Å². The van der Waals surface area contributed by atoms with Gasteiger partial charge in [0.15, 0.2) is 0 Å². The number of carbonyl (C=O) groups excluding carboxylic acids is 2. The standard InChI is InChI=1S/C10H18N2O3S/c1-10(2,3)15-9(14)12-5-4-7(6-12)8(13)11-16/h7,16H,4-6H2,1-3H3,(H,11,13). The van der Waals surface area contributed by atoms with E-state index in [0.717, 1.165) is 0 Å². The highest BCUT2D eigenvalue weighted by Gasteiger charge is 2.32. The van der Waals surface area contributed by atoms with Gasteiger partial charge in [0, 0.05) is 13.1 Å². The Morgan fingerprint density at radius 1 is 1.44 bits per heavy atom. The van der Waals surface area contributed by atoms with Gasteiger partial charge in [-0.15, -0.1) is 0 Å². The molecule has 0 spiro atoms. The number of hydrogen-bond acceptors (Lipinski definition) is 4. The van der Waals surface area contributed by atoms with Crippen molar-refractivity contribution in [3.63, 3.8) is 0 Å². The third kappa shape index (κ3) is 3.59. The number of nitrogens with one attached hydrogen (secondary N) is 1. The lowest BCUT2D eigenvalue weighted by atomic mass is 10.1. The Hall–Kier alpha value is -0.910. The Morgan fingerprint density at radius 3 is 2.56 bits per heavy atom. The van der Waals surface area contributed by atoms with Crippen LogP contribution in [0.2, 0.25) is 0 Å². The fourth-order valence-electron chi connectivity index (χ4n) is 1.56. The largest absolute Gasteiger partial charge is 0.444 e. The number of likely N-dealkylation sites (tertiary alicyclic amines) is 1. The second-order valence-electron chi connectivity index (χ2n) is 4.89. The minimum atomic E-state index is -0.499. The molecule has 1 aliphatic rings. The number of rotatable bonds is 1. The van der Waals surface area contributed by atoms with Gasteiger partial charge in [-0.05, 0) is 27.2 Å². The van der Waals surface area contributed by atoms with Gasteiger partial charge in [-0.3, -0.25) is 4.79 Å². The maximum absolute atomic E-state index is 11.7. The van der Waals surface area contributed by atoms with Gasteiger partial charge in [0.2, 0.25) is 5.91 Å². The van der Waals surface area contributed by atoms with Crippen molar-refractivity contribution >= 4 is 24.8 Å². The van der Waals surface area contributed by atoms with Crippen molar-refractivity contribution in [1.82, 2.24) is 9.62 Å². The highest BCUT2D eigenvalue weighted by molar-refractivity contribution is 7.78. The molecule has 1 unspecified atom stereocenters. The van der Waals surface area contributed by atoms with Crippen LogP contribution in [0.25, 0.3) is 0 Å². The molecule has 0 aromatic heterocycles. The summed E-state index contributed by atoms with van der Waals surface area (Å²) < 4.78 is 7.51.